The SMILES string of the molecule is C=C1NC(=O)C=NN1[C@@H]1O[C@H](CCP(=C)(C)C)[C@@H](O)[C@H]1O.C=C1NC(=O)N(C)C=C1[C@@H]1O[C@H](CCP(=C)(C)C)[C@@H](O)[C@H]1O.C=C1NC(=O)NC=C1[C@@H]1O[C@H](CCP(=C)(C)C)[C@@H](O)[C@H]1O.C=P(C)(C)CC[C@H]1O[C@@H](c2c[nH]c(=O)n(C)c2=O)[C@H](O)[C@@H]1O. The number of amides is 5. The standard InChI is InChI=1S/C15H25N2O4P.C14H23N2O5P.C14H23N2O4P.C13H22N3O4P/c1-9-10(8-17(2)15(20)16-9)14-13(19)12(18)11(21-14)6-7-22(3,4)5;1-16-13(19)8(7-15-14(16)20)12-11(18)10(17)9(21-12)5-6-22(2,3)4;1-8-9(7-15-14(19)16-8)13-12(18)11(17)10(20-13)5-6-21(2,3)4;1-8-15-10(17)7-14-16(8)13-12(19)11(18)9(20-13)5-6-21(2,3)4/h8,11-14,18-19H,1,3,6-7H2,2,4-5H3,(H,16,20);7,9-12,17-18H,2,5-6H2,1,3-4H3,(H,15,20);7,10-13,17-18H,1-2,5-6H2,3-4H3,(H2,15,16,19);7,9,11-13,18-19H,1-2,5-6H2,3-4H3,(H,15,17)/t11-,12-,13-,14+;9-,10-,11-,12+;10-,11-,12-,13+;9-,11-,12-,13-/m1111/s1. The van der Waals surface area contributed by atoms with Crippen molar-refractivity contribution >= 4 is 76.9 Å². The van der Waals surface area contributed by atoms with Crippen LogP contribution < -0.4 is 32.5 Å². The van der Waals surface area contributed by atoms with Crippen LogP contribution in [0.3, 0.4) is 0 Å². The first-order chi connectivity index (χ1) is 39.6. The predicted octanol–water partition coefficient (Wildman–Crippen LogP) is -0.331. The van der Waals surface area contributed by atoms with Crippen LogP contribution in [0.4, 0.5) is 9.59 Å². The van der Waals surface area contributed by atoms with Gasteiger partial charge >= 0.3 is 17.8 Å². The molecule has 0 spiro atoms. The van der Waals surface area contributed by atoms with Gasteiger partial charge in [0.1, 0.15) is 79.2 Å². The fraction of sp³-hybridized carbons (Fsp3) is 0.607. The Bertz CT molecular complexity index is 3110. The monoisotopic (exact) mass is 1290 g/mol. The minimum absolute atomic E-state index is 0.139. The van der Waals surface area contributed by atoms with Crippen molar-refractivity contribution in [3.8, 4) is 0 Å². The summed E-state index contributed by atoms with van der Waals surface area (Å²) in [6.45, 7) is 23.1. The third kappa shape index (κ3) is 19.5. The Morgan fingerprint density at radius 2 is 0.953 bits per heavy atom. The topological polar surface area (TPSA) is 372 Å². The molecule has 0 bridgehead atoms. The molecule has 0 aromatic carbocycles. The maximum Gasteiger partial charge on any atom is 0.328 e. The number of carbonyl (C=O) groups is 3. The number of carbonyl (C=O) groups excluding carboxylic acids is 3. The van der Waals surface area contributed by atoms with Gasteiger partial charge in [-0.1, -0.05) is 19.7 Å². The second-order valence-corrected chi connectivity index (χ2v) is 42.6. The number of hydrogen-bond acceptors (Lipinski definition) is 19. The largest absolute Gasteiger partial charge is 0.388 e. The van der Waals surface area contributed by atoms with Gasteiger partial charge < -0.3 is 91.0 Å². The average molecular weight is 1290 g/mol. The molecule has 484 valence electrons. The van der Waals surface area contributed by atoms with E-state index in [9.17, 15) is 64.8 Å². The smallest absolute Gasteiger partial charge is 0.328 e. The van der Waals surface area contributed by atoms with Crippen LogP contribution in [0.5, 0.6) is 0 Å². The van der Waals surface area contributed by atoms with Gasteiger partial charge in [0, 0.05) is 55.2 Å². The van der Waals surface area contributed by atoms with Crippen LogP contribution in [0.2, 0.25) is 0 Å². The van der Waals surface area contributed by atoms with E-state index in [4.69, 9.17) is 18.9 Å². The lowest BCUT2D eigenvalue weighted by Gasteiger charge is -2.30. The Morgan fingerprint density at radius 3 is 1.40 bits per heavy atom. The summed E-state index contributed by atoms with van der Waals surface area (Å²) in [6.07, 6.45) is 14.4. The van der Waals surface area contributed by atoms with Gasteiger partial charge in [0.05, 0.1) is 30.0 Å². The minimum atomic E-state index is -1.27. The zero-order valence-corrected chi connectivity index (χ0v) is 54.6. The number of nitrogens with one attached hydrogen (secondary N) is 5. The Labute approximate surface area is 503 Å². The zero-order valence-electron chi connectivity index (χ0n) is 51.0. The van der Waals surface area contributed by atoms with Gasteiger partial charge in [-0.3, -0.25) is 14.2 Å². The summed E-state index contributed by atoms with van der Waals surface area (Å²) in [5.41, 5.74) is 0.963. The third-order valence-corrected chi connectivity index (χ3v) is 20.8. The quantitative estimate of drug-likeness (QED) is 0.0943. The Balaban J connectivity index is 0.000000209. The van der Waals surface area contributed by atoms with E-state index in [0.29, 0.717) is 48.2 Å². The molecule has 0 unspecified atom stereocenters. The maximum atomic E-state index is 12.1. The zero-order chi connectivity index (χ0) is 64.9. The molecule has 5 amide bonds. The van der Waals surface area contributed by atoms with Gasteiger partial charge in [-0.25, -0.2) is 19.4 Å². The van der Waals surface area contributed by atoms with Crippen molar-refractivity contribution in [2.45, 2.75) is 123 Å². The van der Waals surface area contributed by atoms with Crippen LogP contribution in [-0.4, -0.2) is 286 Å². The number of aliphatic hydroxyl groups excluding tert-OH is 8. The van der Waals surface area contributed by atoms with E-state index in [-0.39, 0.29) is 29.4 Å². The van der Waals surface area contributed by atoms with E-state index < -0.39 is 137 Å². The molecule has 0 saturated carbocycles. The normalized spacial score (nSPS) is 32.2. The molecule has 8 heterocycles. The van der Waals surface area contributed by atoms with Crippen LogP contribution in [0.1, 0.15) is 37.4 Å². The van der Waals surface area contributed by atoms with Gasteiger partial charge in [-0.15, -0.1) is 52.7 Å². The van der Waals surface area contributed by atoms with E-state index in [1.54, 1.807) is 13.2 Å². The molecule has 13 N–H and O–H groups in total. The molecule has 1 aromatic heterocycles. The Hall–Kier alpha value is -4.42. The van der Waals surface area contributed by atoms with Crippen LogP contribution >= 0.6 is 27.5 Å². The predicted molar refractivity (Wildman–Crippen MR) is 345 cm³/mol. The van der Waals surface area contributed by atoms with Crippen LogP contribution in [0.25, 0.3) is 0 Å². The number of rotatable bonds is 16. The van der Waals surface area contributed by atoms with Crippen molar-refractivity contribution in [2.24, 2.45) is 12.1 Å². The molecule has 4 fully saturated rings. The van der Waals surface area contributed by atoms with Gasteiger partial charge in [-0.05, 0) is 104 Å². The Morgan fingerprint density at radius 1 is 0.547 bits per heavy atom. The van der Waals surface area contributed by atoms with Crippen molar-refractivity contribution in [3.05, 3.63) is 93.1 Å². The van der Waals surface area contributed by atoms with Crippen LogP contribution in [0, 0.1) is 0 Å². The summed E-state index contributed by atoms with van der Waals surface area (Å²) in [5.74, 6) is -0.172. The molecular weight excluding hydrogens is 1190 g/mol. The number of urea groups is 2. The molecule has 86 heavy (non-hydrogen) atoms. The molecule has 4 saturated heterocycles. The first-order valence-corrected chi connectivity index (χ1v) is 40.1. The number of aliphatic hydroxyl groups is 8. The maximum absolute atomic E-state index is 12.1. The molecule has 16 atom stereocenters. The molecule has 26 nitrogen and oxygen atoms in total. The first kappa shape index (κ1) is 72.3. The lowest BCUT2D eigenvalue weighted by atomic mass is 9.99. The van der Waals surface area contributed by atoms with E-state index >= 15 is 0 Å². The molecule has 7 aliphatic heterocycles. The summed E-state index contributed by atoms with van der Waals surface area (Å²) in [5, 5.41) is 96.7. The fourth-order valence-electron chi connectivity index (χ4n) is 9.84. The summed E-state index contributed by atoms with van der Waals surface area (Å²) >= 11 is 0. The second-order valence-electron chi connectivity index (χ2n) is 25.3. The number of nitrogens with zero attached hydrogens (tertiary/aromatic N) is 4. The summed E-state index contributed by atoms with van der Waals surface area (Å²) < 4.78 is 24.0. The molecule has 1 aromatic rings. The molecule has 0 aliphatic carbocycles. The van der Waals surface area contributed by atoms with Gasteiger partial charge in [0.15, 0.2) is 6.23 Å². The summed E-state index contributed by atoms with van der Waals surface area (Å²) in [4.78, 5) is 61.2. The lowest BCUT2D eigenvalue weighted by molar-refractivity contribution is -0.117. The van der Waals surface area contributed by atoms with E-state index in [1.807, 2.05) is 0 Å². The highest BCUT2D eigenvalue weighted by molar-refractivity contribution is 7.73. The van der Waals surface area contributed by atoms with Crippen LogP contribution in [0.15, 0.2) is 81.4 Å². The highest BCUT2D eigenvalue weighted by Gasteiger charge is 2.49. The van der Waals surface area contributed by atoms with E-state index in [1.165, 1.54) is 29.4 Å². The number of H-pyrrole nitrogens is 1. The highest BCUT2D eigenvalue weighted by atomic mass is 31.2. The van der Waals surface area contributed by atoms with Gasteiger partial charge in [-0.2, -0.15) is 5.10 Å². The van der Waals surface area contributed by atoms with Crippen molar-refractivity contribution < 1.29 is 74.2 Å². The van der Waals surface area contributed by atoms with Crippen molar-refractivity contribution in [3.63, 3.8) is 0 Å². The molecule has 7 aliphatic rings. The second kappa shape index (κ2) is 29.5. The number of hydrogen-bond donors (Lipinski definition) is 13. The summed E-state index contributed by atoms with van der Waals surface area (Å²) in [7, 11) is 2.95. The minimum Gasteiger partial charge on any atom is -0.388 e. The number of ether oxygens (including phenoxy) is 4. The first-order valence-electron chi connectivity index (χ1n) is 27.9. The average Bonchev–Trinajstić information content (AvgIpc) is 2.76. The van der Waals surface area contributed by atoms with Crippen molar-refractivity contribution in [1.29, 1.82) is 0 Å². The number of aromatic nitrogens is 2. The Kier molecular flexibility index (Phi) is 24.8. The lowest BCUT2D eigenvalue weighted by Crippen LogP contribution is -2.47. The fourth-order valence-corrected chi connectivity index (χ4v) is 13.7. The summed E-state index contributed by atoms with van der Waals surface area (Å²) in [6, 6.07) is -0.668. The number of aromatic amines is 1. The van der Waals surface area contributed by atoms with E-state index in [2.05, 4.69) is 130 Å². The van der Waals surface area contributed by atoms with E-state index in [0.717, 1.165) is 35.4 Å². The third-order valence-electron chi connectivity index (χ3n) is 14.9. The molecular formula is C56H93N9O17P4. The highest BCUT2D eigenvalue weighted by Crippen LogP contribution is 2.43. The molecule has 0 radical (unpaired) electrons. The number of hydrazone groups is 1. The van der Waals surface area contributed by atoms with Gasteiger partial charge in [0.25, 0.3) is 11.5 Å². The molecule has 30 heteroatoms. The van der Waals surface area contributed by atoms with Crippen molar-refractivity contribution in [1.82, 2.24) is 40.7 Å². The molecule has 8 rings (SSSR count). The van der Waals surface area contributed by atoms with Gasteiger partial charge in [0.2, 0.25) is 0 Å². The van der Waals surface area contributed by atoms with Crippen molar-refractivity contribution in [2.75, 3.05) is 85.0 Å². The van der Waals surface area contributed by atoms with Crippen LogP contribution in [-0.2, 0) is 30.8 Å².